The molecule has 0 aromatic carbocycles. The van der Waals surface area contributed by atoms with E-state index in [0.717, 1.165) is 0 Å². The smallest absolute Gasteiger partial charge is 0.272 e. The van der Waals surface area contributed by atoms with E-state index >= 15 is 0 Å². The Balaban J connectivity index is 2.63. The van der Waals surface area contributed by atoms with Crippen LogP contribution in [0, 0.1) is 11.3 Å². The van der Waals surface area contributed by atoms with Crippen LogP contribution in [0.15, 0.2) is 18.5 Å². The zero-order chi connectivity index (χ0) is 9.68. The average molecular weight is 184 g/mol. The van der Waals surface area contributed by atoms with Crippen LogP contribution < -0.4 is 4.74 Å². The second-order valence-corrected chi connectivity index (χ2v) is 2.22. The van der Waals surface area contributed by atoms with Crippen molar-refractivity contribution in [1.29, 1.82) is 5.26 Å². The maximum atomic E-state index is 11.7. The van der Waals surface area contributed by atoms with Crippen molar-refractivity contribution in [3.8, 4) is 11.8 Å². The fraction of sp³-hybridized carbons (Fsp3) is 0.250. The highest BCUT2D eigenvalue weighted by atomic mass is 19.3. The summed E-state index contributed by atoms with van der Waals surface area (Å²) >= 11 is 0. The van der Waals surface area contributed by atoms with Gasteiger partial charge in [-0.1, -0.05) is 0 Å². The quantitative estimate of drug-likeness (QED) is 0.716. The minimum absolute atomic E-state index is 0.180. The topological polar surface area (TPSA) is 45.9 Å². The van der Waals surface area contributed by atoms with Crippen molar-refractivity contribution >= 4 is 0 Å². The van der Waals surface area contributed by atoms with Gasteiger partial charge in [-0.25, -0.2) is 8.78 Å². The van der Waals surface area contributed by atoms with Gasteiger partial charge in [0.1, 0.15) is 18.4 Å². The van der Waals surface area contributed by atoms with Gasteiger partial charge in [0, 0.05) is 12.3 Å². The van der Waals surface area contributed by atoms with E-state index in [9.17, 15) is 8.78 Å². The molecule has 0 radical (unpaired) electrons. The number of ether oxygens (including phenoxy) is 1. The molecule has 0 bridgehead atoms. The number of hydrogen-bond acceptors (Lipinski definition) is 3. The average Bonchev–Trinajstić information content (AvgIpc) is 2.15. The monoisotopic (exact) mass is 184 g/mol. The lowest BCUT2D eigenvalue weighted by Gasteiger charge is -2.03. The van der Waals surface area contributed by atoms with Gasteiger partial charge in [-0.3, -0.25) is 4.98 Å². The number of pyridine rings is 1. The van der Waals surface area contributed by atoms with E-state index in [2.05, 4.69) is 9.72 Å². The number of alkyl halides is 2. The first-order valence-electron chi connectivity index (χ1n) is 3.48. The number of hydrogen-bond donors (Lipinski definition) is 0. The first-order valence-corrected chi connectivity index (χ1v) is 3.48. The lowest BCUT2D eigenvalue weighted by Crippen LogP contribution is -2.07. The Bertz CT molecular complexity index is 322. The molecule has 5 heteroatoms. The molecule has 0 unspecified atom stereocenters. The van der Waals surface area contributed by atoms with Gasteiger partial charge < -0.3 is 4.74 Å². The zero-order valence-corrected chi connectivity index (χ0v) is 6.58. The molecule has 1 aromatic rings. The van der Waals surface area contributed by atoms with Crippen molar-refractivity contribution in [2.75, 3.05) is 6.61 Å². The number of nitrogens with zero attached hydrogens (tertiary/aromatic N) is 2. The molecule has 3 nitrogen and oxygen atoms in total. The Morgan fingerprint density at radius 2 is 2.31 bits per heavy atom. The molecule has 0 aliphatic rings. The Labute approximate surface area is 73.6 Å². The zero-order valence-electron chi connectivity index (χ0n) is 6.58. The van der Waals surface area contributed by atoms with E-state index in [0.29, 0.717) is 0 Å². The summed E-state index contributed by atoms with van der Waals surface area (Å²) in [4.78, 5) is 3.64. The molecule has 0 saturated heterocycles. The molecule has 0 spiro atoms. The predicted octanol–water partition coefficient (Wildman–Crippen LogP) is 1.60. The summed E-state index contributed by atoms with van der Waals surface area (Å²) in [5.41, 5.74) is 0.284. The Morgan fingerprint density at radius 1 is 1.54 bits per heavy atom. The maximum Gasteiger partial charge on any atom is 0.272 e. The Morgan fingerprint density at radius 3 is 2.92 bits per heavy atom. The molecule has 0 fully saturated rings. The number of aromatic nitrogens is 1. The third kappa shape index (κ3) is 3.03. The van der Waals surface area contributed by atoms with Crippen molar-refractivity contribution < 1.29 is 13.5 Å². The van der Waals surface area contributed by atoms with Gasteiger partial charge in [-0.05, 0) is 0 Å². The van der Waals surface area contributed by atoms with Crippen LogP contribution in [-0.2, 0) is 0 Å². The molecule has 0 aliphatic carbocycles. The van der Waals surface area contributed by atoms with Crippen molar-refractivity contribution in [2.45, 2.75) is 6.43 Å². The van der Waals surface area contributed by atoms with Gasteiger partial charge >= 0.3 is 0 Å². The Hall–Kier alpha value is -1.70. The molecule has 1 aromatic heterocycles. The molecule has 0 N–H and O–H groups in total. The van der Waals surface area contributed by atoms with Crippen LogP contribution in [0.25, 0.3) is 0 Å². The fourth-order valence-electron chi connectivity index (χ4n) is 0.718. The summed E-state index contributed by atoms with van der Waals surface area (Å²) in [7, 11) is 0. The van der Waals surface area contributed by atoms with E-state index < -0.39 is 13.0 Å². The van der Waals surface area contributed by atoms with Crippen molar-refractivity contribution in [3.63, 3.8) is 0 Å². The maximum absolute atomic E-state index is 11.7. The molecule has 0 amide bonds. The van der Waals surface area contributed by atoms with Crippen molar-refractivity contribution in [2.24, 2.45) is 0 Å². The first kappa shape index (κ1) is 9.39. The van der Waals surface area contributed by atoms with E-state index in [-0.39, 0.29) is 11.3 Å². The molecule has 1 rings (SSSR count). The summed E-state index contributed by atoms with van der Waals surface area (Å²) < 4.78 is 28.0. The highest BCUT2D eigenvalue weighted by molar-refractivity contribution is 5.32. The second-order valence-electron chi connectivity index (χ2n) is 2.22. The van der Waals surface area contributed by atoms with Gasteiger partial charge in [0.25, 0.3) is 6.43 Å². The standard InChI is InChI=1S/C8H6F2N2O/c9-8(10)5-13-7-1-6(2-11)3-12-4-7/h1,3-4,8H,5H2. The summed E-state index contributed by atoms with van der Waals surface area (Å²) in [5, 5.41) is 8.45. The molecule has 0 saturated carbocycles. The highest BCUT2D eigenvalue weighted by Crippen LogP contribution is 2.11. The highest BCUT2D eigenvalue weighted by Gasteiger charge is 2.03. The lowest BCUT2D eigenvalue weighted by atomic mass is 10.3. The van der Waals surface area contributed by atoms with Gasteiger partial charge in [-0.15, -0.1) is 0 Å². The molecule has 1 heterocycles. The molecular weight excluding hydrogens is 178 g/mol. The van der Waals surface area contributed by atoms with Crippen LogP contribution in [0.3, 0.4) is 0 Å². The molecule has 13 heavy (non-hydrogen) atoms. The largest absolute Gasteiger partial charge is 0.486 e. The Kier molecular flexibility index (Phi) is 3.15. The van der Waals surface area contributed by atoms with Gasteiger partial charge in [0.15, 0.2) is 0 Å². The van der Waals surface area contributed by atoms with Crippen LogP contribution in [0.5, 0.6) is 5.75 Å². The van der Waals surface area contributed by atoms with E-state index in [4.69, 9.17) is 5.26 Å². The SMILES string of the molecule is N#Cc1cncc(OCC(F)F)c1. The number of nitriles is 1. The fourth-order valence-corrected chi connectivity index (χ4v) is 0.718. The van der Waals surface area contributed by atoms with Crippen LogP contribution in [0.4, 0.5) is 8.78 Å². The van der Waals surface area contributed by atoms with Crippen molar-refractivity contribution in [1.82, 2.24) is 4.98 Å². The third-order valence-corrected chi connectivity index (χ3v) is 1.22. The van der Waals surface area contributed by atoms with E-state index in [1.807, 2.05) is 6.07 Å². The summed E-state index contributed by atoms with van der Waals surface area (Å²) in [5.74, 6) is 0.180. The molecule has 0 atom stereocenters. The summed E-state index contributed by atoms with van der Waals surface area (Å²) in [6, 6.07) is 3.18. The molecular formula is C8H6F2N2O. The van der Waals surface area contributed by atoms with Gasteiger partial charge in [0.05, 0.1) is 11.8 Å². The molecule has 68 valence electrons. The van der Waals surface area contributed by atoms with Crippen LogP contribution in [0.2, 0.25) is 0 Å². The number of halogens is 2. The predicted molar refractivity (Wildman–Crippen MR) is 40.5 cm³/mol. The third-order valence-electron chi connectivity index (χ3n) is 1.22. The minimum atomic E-state index is -2.52. The lowest BCUT2D eigenvalue weighted by molar-refractivity contribution is 0.0817. The van der Waals surface area contributed by atoms with Crippen LogP contribution in [-0.4, -0.2) is 18.0 Å². The molecule has 0 aliphatic heterocycles. The second kappa shape index (κ2) is 4.36. The van der Waals surface area contributed by atoms with Gasteiger partial charge in [0.2, 0.25) is 0 Å². The van der Waals surface area contributed by atoms with Crippen LogP contribution >= 0.6 is 0 Å². The van der Waals surface area contributed by atoms with Crippen LogP contribution in [0.1, 0.15) is 5.56 Å². The van der Waals surface area contributed by atoms with E-state index in [1.165, 1.54) is 18.5 Å². The summed E-state index contributed by atoms with van der Waals surface area (Å²) in [6.45, 7) is -0.684. The minimum Gasteiger partial charge on any atom is -0.486 e. The van der Waals surface area contributed by atoms with Crippen molar-refractivity contribution in [3.05, 3.63) is 24.0 Å². The number of rotatable bonds is 3. The van der Waals surface area contributed by atoms with E-state index in [1.54, 1.807) is 0 Å². The normalized spacial score (nSPS) is 9.69. The van der Waals surface area contributed by atoms with Gasteiger partial charge in [-0.2, -0.15) is 5.26 Å². The summed E-state index contributed by atoms with van der Waals surface area (Å²) in [6.07, 6.45) is 0.0871. The first-order chi connectivity index (χ1) is 6.22.